The van der Waals surface area contributed by atoms with Gasteiger partial charge in [0, 0.05) is 55.8 Å². The molecule has 2 aromatic heterocycles. The van der Waals surface area contributed by atoms with Gasteiger partial charge in [-0.15, -0.1) is 0 Å². The lowest BCUT2D eigenvalue weighted by atomic mass is 9.93. The fourth-order valence-corrected chi connectivity index (χ4v) is 7.29. The van der Waals surface area contributed by atoms with Crippen molar-refractivity contribution in [2.24, 2.45) is 0 Å². The van der Waals surface area contributed by atoms with E-state index in [0.717, 1.165) is 29.5 Å². The fourth-order valence-electron chi connectivity index (χ4n) is 7.29. The first kappa shape index (κ1) is 23.5. The standard InChI is InChI=1S/C31H31F3N6O3/c32-18-12-31(7-1-8-38(31)14-18)16-43-30-36-27-22(28(37-30)40-15-19-3-4-20(40)13-35-19)6-9-39(29(27)42)24-11-21(41)10-17-2-5-23(33)26(34)25(17)24/h2,5-6,9-11,18-20,35,41H,1,3-4,7-8,12-16H2/t18-,19?,20?,31+/m1/s1/i16D2,18D. The first-order chi connectivity index (χ1) is 21.9. The van der Waals surface area contributed by atoms with Gasteiger partial charge >= 0.3 is 6.01 Å². The third-order valence-electron chi connectivity index (χ3n) is 9.37. The molecule has 0 aliphatic carbocycles. The summed E-state index contributed by atoms with van der Waals surface area (Å²) in [7, 11) is 0. The number of hydrogen-bond donors (Lipinski definition) is 2. The van der Waals surface area contributed by atoms with E-state index in [4.69, 9.17) is 8.85 Å². The lowest BCUT2D eigenvalue weighted by Crippen LogP contribution is -2.61. The number of aromatic nitrogens is 3. The third-order valence-corrected chi connectivity index (χ3v) is 9.37. The van der Waals surface area contributed by atoms with Crippen LogP contribution in [0.4, 0.5) is 19.0 Å². The Balaban J connectivity index is 1.31. The van der Waals surface area contributed by atoms with E-state index in [0.29, 0.717) is 37.3 Å². The molecule has 43 heavy (non-hydrogen) atoms. The molecule has 224 valence electrons. The van der Waals surface area contributed by atoms with E-state index in [1.165, 1.54) is 18.3 Å². The second kappa shape index (κ2) is 9.81. The highest BCUT2D eigenvalue weighted by atomic mass is 19.2. The van der Waals surface area contributed by atoms with Crippen LogP contribution in [-0.4, -0.2) is 81.0 Å². The van der Waals surface area contributed by atoms with Crippen LogP contribution in [0.1, 0.15) is 36.2 Å². The fraction of sp³-hybridized carbons (Fsp3) is 0.452. The molecule has 0 spiro atoms. The Labute approximate surface area is 249 Å². The highest BCUT2D eigenvalue weighted by Crippen LogP contribution is 2.41. The van der Waals surface area contributed by atoms with Crippen LogP contribution in [0.25, 0.3) is 27.4 Å². The van der Waals surface area contributed by atoms with Crippen LogP contribution in [0.2, 0.25) is 0 Å². The Morgan fingerprint density at radius 1 is 1.21 bits per heavy atom. The topological polar surface area (TPSA) is 95.8 Å². The minimum Gasteiger partial charge on any atom is -0.508 e. The molecule has 0 amide bonds. The maximum absolute atomic E-state index is 15.2. The molecule has 5 saturated heterocycles. The number of pyridine rings is 1. The molecule has 4 atom stereocenters. The number of phenols is 1. The van der Waals surface area contributed by atoms with Gasteiger partial charge in [-0.25, -0.2) is 13.2 Å². The van der Waals surface area contributed by atoms with Crippen LogP contribution >= 0.6 is 0 Å². The maximum atomic E-state index is 15.2. The van der Waals surface area contributed by atoms with E-state index in [1.807, 2.05) is 4.90 Å². The molecule has 0 saturated carbocycles. The summed E-state index contributed by atoms with van der Waals surface area (Å²) in [5.74, 6) is -2.22. The number of piperidine rings is 2. The summed E-state index contributed by atoms with van der Waals surface area (Å²) in [6.45, 7) is -1.09. The molecule has 0 radical (unpaired) electrons. The van der Waals surface area contributed by atoms with E-state index < -0.39 is 47.9 Å². The number of piperazine rings is 1. The molecule has 5 aliphatic heterocycles. The van der Waals surface area contributed by atoms with Crippen LogP contribution in [-0.2, 0) is 0 Å². The van der Waals surface area contributed by atoms with Crippen molar-refractivity contribution in [3.63, 3.8) is 0 Å². The minimum absolute atomic E-state index is 0.0384. The van der Waals surface area contributed by atoms with Gasteiger partial charge < -0.3 is 20.1 Å². The van der Waals surface area contributed by atoms with E-state index in [2.05, 4.69) is 15.3 Å². The molecule has 5 aliphatic rings. The number of rotatable bonds is 5. The Morgan fingerprint density at radius 2 is 2.09 bits per heavy atom. The Bertz CT molecular complexity index is 1970. The van der Waals surface area contributed by atoms with Crippen LogP contribution in [0.5, 0.6) is 11.8 Å². The summed E-state index contributed by atoms with van der Waals surface area (Å²) in [6.07, 6.45) is 1.36. The van der Waals surface area contributed by atoms with Crippen molar-refractivity contribution in [2.75, 3.05) is 37.6 Å². The molecule has 4 aromatic rings. The molecule has 2 aromatic carbocycles. The molecule has 9 nitrogen and oxygen atoms in total. The first-order valence-corrected chi connectivity index (χ1v) is 14.5. The summed E-state index contributed by atoms with van der Waals surface area (Å²) < 4.78 is 77.5. The molecule has 7 heterocycles. The Morgan fingerprint density at radius 3 is 2.88 bits per heavy atom. The second-order valence-electron chi connectivity index (χ2n) is 12.0. The van der Waals surface area contributed by atoms with Crippen molar-refractivity contribution >= 4 is 27.5 Å². The van der Waals surface area contributed by atoms with Crippen molar-refractivity contribution in [1.82, 2.24) is 24.8 Å². The van der Waals surface area contributed by atoms with E-state index >= 15 is 4.39 Å². The summed E-state index contributed by atoms with van der Waals surface area (Å²) in [6, 6.07) is 6.03. The molecule has 2 unspecified atom stereocenters. The average molecular weight is 596 g/mol. The zero-order chi connectivity index (χ0) is 32.2. The van der Waals surface area contributed by atoms with Crippen molar-refractivity contribution in [3.05, 3.63) is 58.5 Å². The summed E-state index contributed by atoms with van der Waals surface area (Å²) in [5, 5.41) is 14.2. The summed E-state index contributed by atoms with van der Waals surface area (Å²) >= 11 is 0. The van der Waals surface area contributed by atoms with Crippen LogP contribution in [0.15, 0.2) is 41.3 Å². The Hall–Kier alpha value is -3.90. The number of halogens is 3. The summed E-state index contributed by atoms with van der Waals surface area (Å²) in [4.78, 5) is 26.9. The second-order valence-corrected chi connectivity index (χ2v) is 12.0. The number of ether oxygens (including phenoxy) is 1. The lowest BCUT2D eigenvalue weighted by Gasteiger charge is -2.46. The number of phenolic OH excluding ortho intramolecular Hbond substituents is 1. The number of fused-ring (bicyclic) bond motifs is 6. The predicted molar refractivity (Wildman–Crippen MR) is 155 cm³/mol. The first-order valence-electron chi connectivity index (χ1n) is 16.0. The quantitative estimate of drug-likeness (QED) is 0.360. The number of anilines is 1. The van der Waals surface area contributed by atoms with Crippen LogP contribution in [0, 0.1) is 11.6 Å². The van der Waals surface area contributed by atoms with Crippen molar-refractivity contribution in [2.45, 2.75) is 55.9 Å². The number of hydrogen-bond acceptors (Lipinski definition) is 8. The number of nitrogens with zero attached hydrogens (tertiary/aromatic N) is 5. The van der Waals surface area contributed by atoms with Gasteiger partial charge in [0.15, 0.2) is 11.6 Å². The SMILES string of the molecule is [2H]C([2H])(Oc1nc(N2CC3CCC2CN3)c2ccn(-c3cc(O)cc4ccc(F)c(F)c34)c(=O)c2n1)[C@@]12CCCN1C[C@]([2H])(F)C2. The number of aromatic hydroxyl groups is 1. The maximum Gasteiger partial charge on any atom is 0.319 e. The number of benzene rings is 2. The highest BCUT2D eigenvalue weighted by molar-refractivity contribution is 5.94. The molecule has 2 N–H and O–H groups in total. The van der Waals surface area contributed by atoms with Crippen LogP contribution in [0.3, 0.4) is 0 Å². The van der Waals surface area contributed by atoms with Crippen molar-refractivity contribution in [1.29, 1.82) is 0 Å². The molecule has 2 bridgehead atoms. The largest absolute Gasteiger partial charge is 0.508 e. The zero-order valence-corrected chi connectivity index (χ0v) is 23.1. The average Bonchev–Trinajstić information content (AvgIpc) is 3.53. The van der Waals surface area contributed by atoms with Crippen molar-refractivity contribution < 1.29 is 27.1 Å². The zero-order valence-electron chi connectivity index (χ0n) is 26.1. The molecule has 9 rings (SSSR count). The van der Waals surface area contributed by atoms with Gasteiger partial charge in [-0.2, -0.15) is 9.97 Å². The lowest BCUT2D eigenvalue weighted by molar-refractivity contribution is 0.107. The number of nitrogens with one attached hydrogen (secondary N) is 1. The van der Waals surface area contributed by atoms with E-state index in [-0.39, 0.29) is 52.8 Å². The van der Waals surface area contributed by atoms with E-state index in [1.54, 1.807) is 11.0 Å². The molecular formula is C31H31F3N6O3. The van der Waals surface area contributed by atoms with Crippen molar-refractivity contribution in [3.8, 4) is 17.4 Å². The monoisotopic (exact) mass is 595 g/mol. The summed E-state index contributed by atoms with van der Waals surface area (Å²) in [5.41, 5.74) is -2.44. The van der Waals surface area contributed by atoms with Gasteiger partial charge in [-0.1, -0.05) is 6.07 Å². The molecule has 12 heteroatoms. The van der Waals surface area contributed by atoms with Gasteiger partial charge in [0.25, 0.3) is 5.56 Å². The minimum atomic E-state index is -2.53. The molecule has 5 fully saturated rings. The highest BCUT2D eigenvalue weighted by Gasteiger charge is 2.49. The van der Waals surface area contributed by atoms with Gasteiger partial charge in [-0.3, -0.25) is 14.3 Å². The van der Waals surface area contributed by atoms with Gasteiger partial charge in [-0.05, 0) is 55.8 Å². The van der Waals surface area contributed by atoms with E-state index in [9.17, 15) is 18.7 Å². The van der Waals surface area contributed by atoms with Gasteiger partial charge in [0.2, 0.25) is 0 Å². The third kappa shape index (κ3) is 4.25. The smallest absolute Gasteiger partial charge is 0.319 e. The normalized spacial score (nSPS) is 30.0. The molecular weight excluding hydrogens is 561 g/mol. The Kier molecular flexibility index (Phi) is 5.37. The van der Waals surface area contributed by atoms with Crippen LogP contribution < -0.4 is 20.5 Å². The number of alkyl halides is 1. The van der Waals surface area contributed by atoms with Gasteiger partial charge in [0.1, 0.15) is 29.8 Å². The van der Waals surface area contributed by atoms with Gasteiger partial charge in [0.05, 0.1) is 20.7 Å². The predicted octanol–water partition coefficient (Wildman–Crippen LogP) is 3.81.